The number of hydrogen-bond donors (Lipinski definition) is 2. The fraction of sp³-hybridized carbons (Fsp3) is 0.400. The van der Waals surface area contributed by atoms with E-state index in [1.165, 1.54) is 0 Å². The molecule has 0 aromatic heterocycles. The molecule has 5 nitrogen and oxygen atoms in total. The lowest BCUT2D eigenvalue weighted by Crippen LogP contribution is -2.45. The predicted molar refractivity (Wildman–Crippen MR) is 81.8 cm³/mol. The van der Waals surface area contributed by atoms with Crippen molar-refractivity contribution in [1.82, 2.24) is 4.72 Å². The maximum atomic E-state index is 11.8. The van der Waals surface area contributed by atoms with E-state index < -0.39 is 17.4 Å². The van der Waals surface area contributed by atoms with Crippen molar-refractivity contribution in [1.29, 1.82) is 0 Å². The summed E-state index contributed by atoms with van der Waals surface area (Å²) in [5, 5.41) is 0.105. The number of rotatable bonds is 7. The second-order valence-corrected chi connectivity index (χ2v) is 6.38. The third kappa shape index (κ3) is 4.97. The molecule has 0 radical (unpaired) electrons. The molecule has 1 unspecified atom stereocenters. The van der Waals surface area contributed by atoms with Gasteiger partial charge in [-0.2, -0.15) is 4.72 Å². The van der Waals surface area contributed by atoms with Gasteiger partial charge in [-0.1, -0.05) is 18.1 Å². The van der Waals surface area contributed by atoms with Gasteiger partial charge >= 0.3 is 0 Å². The normalized spacial score (nSPS) is 16.6. The first-order valence-electron chi connectivity index (χ1n) is 6.72. The molecule has 2 rings (SSSR count). The molecule has 2 atom stereocenters. The second kappa shape index (κ2) is 7.36. The SMILES string of the molecule is C#CCOc1ccc(C[C@H](N)C(=O)N[S+]([O-])C2CC2)cc1. The van der Waals surface area contributed by atoms with E-state index in [-0.39, 0.29) is 17.8 Å². The summed E-state index contributed by atoms with van der Waals surface area (Å²) in [6.07, 6.45) is 7.30. The third-order valence-electron chi connectivity index (χ3n) is 3.07. The van der Waals surface area contributed by atoms with Crippen LogP contribution < -0.4 is 15.2 Å². The Kier molecular flexibility index (Phi) is 5.51. The summed E-state index contributed by atoms with van der Waals surface area (Å²) in [4.78, 5) is 11.8. The van der Waals surface area contributed by atoms with Crippen LogP contribution in [-0.2, 0) is 22.6 Å². The smallest absolute Gasteiger partial charge is 0.278 e. The third-order valence-corrected chi connectivity index (χ3v) is 4.55. The lowest BCUT2D eigenvalue weighted by atomic mass is 10.1. The average Bonchev–Trinajstić information content (AvgIpc) is 3.31. The van der Waals surface area contributed by atoms with Gasteiger partial charge in [0.15, 0.2) is 0 Å². The Labute approximate surface area is 127 Å². The number of nitrogens with two attached hydrogens (primary N) is 1. The standard InChI is InChI=1S/C15H18N2O3S/c1-2-9-20-12-5-3-11(4-6-12)10-14(16)15(18)17-21(19)13-7-8-13/h1,3-6,13-14H,7-10,16H2,(H,17,18)/t14-,21?/m0/s1. The molecule has 6 heteroatoms. The number of ether oxygens (including phenoxy) is 1. The van der Waals surface area contributed by atoms with Gasteiger partial charge in [0.2, 0.25) is 0 Å². The van der Waals surface area contributed by atoms with Crippen LogP contribution in [-0.4, -0.2) is 28.4 Å². The number of amides is 1. The van der Waals surface area contributed by atoms with Gasteiger partial charge < -0.3 is 15.0 Å². The zero-order valence-electron chi connectivity index (χ0n) is 11.6. The molecule has 112 valence electrons. The average molecular weight is 306 g/mol. The summed E-state index contributed by atoms with van der Waals surface area (Å²) in [7, 11) is 0. The molecule has 21 heavy (non-hydrogen) atoms. The minimum absolute atomic E-state index is 0.105. The summed E-state index contributed by atoms with van der Waals surface area (Å²) in [5.41, 5.74) is 6.74. The number of nitrogens with one attached hydrogen (secondary N) is 1. The van der Waals surface area contributed by atoms with Gasteiger partial charge in [0, 0.05) is 12.8 Å². The molecule has 1 aliphatic carbocycles. The molecule has 0 saturated heterocycles. The van der Waals surface area contributed by atoms with Crippen molar-refractivity contribution in [2.45, 2.75) is 30.6 Å². The largest absolute Gasteiger partial charge is 0.593 e. The molecule has 1 amide bonds. The van der Waals surface area contributed by atoms with E-state index >= 15 is 0 Å². The zero-order chi connectivity index (χ0) is 15.2. The van der Waals surface area contributed by atoms with Gasteiger partial charge in [-0.3, -0.25) is 4.79 Å². The fourth-order valence-corrected chi connectivity index (χ4v) is 2.81. The number of hydrogen-bond acceptors (Lipinski definition) is 4. The van der Waals surface area contributed by atoms with Crippen molar-refractivity contribution >= 4 is 17.3 Å². The van der Waals surface area contributed by atoms with Crippen molar-refractivity contribution in [3.8, 4) is 18.1 Å². The van der Waals surface area contributed by atoms with E-state index in [4.69, 9.17) is 16.9 Å². The van der Waals surface area contributed by atoms with Crippen molar-refractivity contribution in [2.24, 2.45) is 5.73 Å². The highest BCUT2D eigenvalue weighted by molar-refractivity contribution is 7.90. The first-order valence-corrected chi connectivity index (χ1v) is 7.93. The van der Waals surface area contributed by atoms with Crippen LogP contribution in [0, 0.1) is 12.3 Å². The Bertz CT molecular complexity index is 523. The highest BCUT2D eigenvalue weighted by Crippen LogP contribution is 2.27. The van der Waals surface area contributed by atoms with Crippen LogP contribution in [0.3, 0.4) is 0 Å². The van der Waals surface area contributed by atoms with Gasteiger partial charge in [0.1, 0.15) is 17.6 Å². The molecular formula is C15H18N2O3S. The van der Waals surface area contributed by atoms with Crippen LogP contribution in [0.1, 0.15) is 18.4 Å². The van der Waals surface area contributed by atoms with Gasteiger partial charge in [-0.15, -0.1) is 6.42 Å². The fourth-order valence-electron chi connectivity index (χ4n) is 1.73. The van der Waals surface area contributed by atoms with Gasteiger partial charge in [0.25, 0.3) is 5.91 Å². The number of terminal acetylenes is 1. The van der Waals surface area contributed by atoms with E-state index in [0.29, 0.717) is 12.2 Å². The molecule has 0 aliphatic heterocycles. The topological polar surface area (TPSA) is 87.4 Å². The van der Waals surface area contributed by atoms with E-state index in [9.17, 15) is 9.35 Å². The first-order chi connectivity index (χ1) is 10.1. The number of carbonyl (C=O) groups is 1. The molecule has 0 bridgehead atoms. The van der Waals surface area contributed by atoms with Gasteiger partial charge in [0.05, 0.1) is 17.4 Å². The zero-order valence-corrected chi connectivity index (χ0v) is 12.4. The second-order valence-electron chi connectivity index (χ2n) is 4.91. The van der Waals surface area contributed by atoms with Gasteiger partial charge in [-0.05, 0) is 24.1 Å². The molecule has 3 N–H and O–H groups in total. The monoisotopic (exact) mass is 306 g/mol. The van der Waals surface area contributed by atoms with E-state index in [1.807, 2.05) is 12.1 Å². The van der Waals surface area contributed by atoms with Crippen molar-refractivity contribution in [3.05, 3.63) is 29.8 Å². The van der Waals surface area contributed by atoms with Crippen molar-refractivity contribution in [2.75, 3.05) is 6.61 Å². The first kappa shape index (κ1) is 15.7. The minimum Gasteiger partial charge on any atom is -0.593 e. The molecule has 1 aromatic rings. The number of carbonyl (C=O) groups excluding carboxylic acids is 1. The predicted octanol–water partition coefficient (Wildman–Crippen LogP) is 0.511. The molecule has 1 fully saturated rings. The van der Waals surface area contributed by atoms with Crippen LogP contribution >= 0.6 is 0 Å². The summed E-state index contributed by atoms with van der Waals surface area (Å²) in [6, 6.07) is 6.50. The Morgan fingerprint density at radius 3 is 2.76 bits per heavy atom. The summed E-state index contributed by atoms with van der Waals surface area (Å²) >= 11 is -1.30. The van der Waals surface area contributed by atoms with E-state index in [1.54, 1.807) is 12.1 Å². The quantitative estimate of drug-likeness (QED) is 0.567. The molecule has 0 spiro atoms. The number of benzene rings is 1. The Hall–Kier alpha value is -1.68. The van der Waals surface area contributed by atoms with Crippen LogP contribution in [0.25, 0.3) is 0 Å². The van der Waals surface area contributed by atoms with Gasteiger partial charge in [-0.25, -0.2) is 0 Å². The van der Waals surface area contributed by atoms with Crippen molar-refractivity contribution in [3.63, 3.8) is 0 Å². The summed E-state index contributed by atoms with van der Waals surface area (Å²) < 4.78 is 19.3. The Morgan fingerprint density at radius 1 is 1.52 bits per heavy atom. The summed E-state index contributed by atoms with van der Waals surface area (Å²) in [5.74, 6) is 2.68. The minimum atomic E-state index is -1.30. The highest BCUT2D eigenvalue weighted by Gasteiger charge is 2.36. The van der Waals surface area contributed by atoms with Crippen LogP contribution in [0.4, 0.5) is 0 Å². The van der Waals surface area contributed by atoms with Crippen LogP contribution in [0.5, 0.6) is 5.75 Å². The molecule has 0 heterocycles. The lowest BCUT2D eigenvalue weighted by Gasteiger charge is -2.14. The van der Waals surface area contributed by atoms with Crippen molar-refractivity contribution < 1.29 is 14.1 Å². The highest BCUT2D eigenvalue weighted by atomic mass is 32.2. The van der Waals surface area contributed by atoms with Crippen LogP contribution in [0.2, 0.25) is 0 Å². The lowest BCUT2D eigenvalue weighted by molar-refractivity contribution is -0.120. The molecule has 1 saturated carbocycles. The maximum Gasteiger partial charge on any atom is 0.278 e. The van der Waals surface area contributed by atoms with Crippen LogP contribution in [0.15, 0.2) is 24.3 Å². The Morgan fingerprint density at radius 2 is 2.19 bits per heavy atom. The maximum absolute atomic E-state index is 11.8. The molecule has 1 aromatic carbocycles. The Balaban J connectivity index is 1.82. The molecular weight excluding hydrogens is 288 g/mol. The van der Waals surface area contributed by atoms with E-state index in [2.05, 4.69) is 10.6 Å². The van der Waals surface area contributed by atoms with E-state index in [0.717, 1.165) is 18.4 Å². The summed E-state index contributed by atoms with van der Waals surface area (Å²) in [6.45, 7) is 0.217. The molecule has 1 aliphatic rings.